The first-order valence-corrected chi connectivity index (χ1v) is 11.2. The van der Waals surface area contributed by atoms with Crippen molar-refractivity contribution in [2.24, 2.45) is 0 Å². The summed E-state index contributed by atoms with van der Waals surface area (Å²) in [5.41, 5.74) is 6.26. The quantitative estimate of drug-likeness (QED) is 0.371. The molecule has 0 saturated carbocycles. The van der Waals surface area contributed by atoms with Gasteiger partial charge in [0.05, 0.1) is 18.3 Å². The number of para-hydroxylation sites is 1. The van der Waals surface area contributed by atoms with E-state index in [0.29, 0.717) is 11.6 Å². The summed E-state index contributed by atoms with van der Waals surface area (Å²) in [7, 11) is 0. The van der Waals surface area contributed by atoms with Crippen molar-refractivity contribution >= 4 is 23.3 Å². The average molecular weight is 442 g/mol. The second-order valence-electron chi connectivity index (χ2n) is 7.99. The minimum atomic E-state index is -0.260. The van der Waals surface area contributed by atoms with Crippen LogP contribution in [0.15, 0.2) is 91.1 Å². The monoisotopic (exact) mass is 441 g/mol. The number of carbonyl (C=O) groups is 1. The van der Waals surface area contributed by atoms with Gasteiger partial charge in [0.2, 0.25) is 0 Å². The molecule has 4 nitrogen and oxygen atoms in total. The van der Waals surface area contributed by atoms with Crippen LogP contribution in [0, 0.1) is 0 Å². The molecule has 1 atom stereocenters. The Labute approximate surface area is 193 Å². The van der Waals surface area contributed by atoms with Crippen LogP contribution in [0.25, 0.3) is 5.69 Å². The number of aryl methyl sites for hydroxylation is 1. The summed E-state index contributed by atoms with van der Waals surface area (Å²) in [5.74, 6) is 0. The Morgan fingerprint density at radius 2 is 1.72 bits per heavy atom. The Morgan fingerprint density at radius 1 is 0.969 bits per heavy atom. The number of aromatic nitrogens is 1. The van der Waals surface area contributed by atoms with Crippen LogP contribution < -0.4 is 5.32 Å². The Hall–Kier alpha value is -3.50. The molecule has 32 heavy (non-hydrogen) atoms. The Morgan fingerprint density at radius 3 is 2.47 bits per heavy atom. The number of nitrogens with one attached hydrogen (secondary N) is 1. The highest BCUT2D eigenvalue weighted by molar-refractivity contribution is 6.30. The van der Waals surface area contributed by atoms with Gasteiger partial charge in [-0.05, 0) is 65.6 Å². The molecule has 0 saturated heterocycles. The van der Waals surface area contributed by atoms with E-state index < -0.39 is 0 Å². The summed E-state index contributed by atoms with van der Waals surface area (Å²) in [5, 5.41) is 3.78. The van der Waals surface area contributed by atoms with Crippen LogP contribution in [0.5, 0.6) is 0 Å². The van der Waals surface area contributed by atoms with E-state index in [2.05, 4.69) is 53.3 Å². The number of amides is 2. The van der Waals surface area contributed by atoms with Gasteiger partial charge in [-0.2, -0.15) is 0 Å². The normalized spacial score (nSPS) is 14.9. The van der Waals surface area contributed by atoms with Gasteiger partial charge in [0.1, 0.15) is 0 Å². The van der Waals surface area contributed by atoms with Crippen LogP contribution in [0.2, 0.25) is 5.02 Å². The first-order valence-electron chi connectivity index (χ1n) is 10.8. The number of hydrogen-bond acceptors (Lipinski definition) is 1. The number of hydrogen-bond donors (Lipinski definition) is 1. The van der Waals surface area contributed by atoms with Crippen molar-refractivity contribution in [1.29, 1.82) is 0 Å². The molecule has 1 aliphatic rings. The fraction of sp³-hybridized carbons (Fsp3) is 0.148. The van der Waals surface area contributed by atoms with Gasteiger partial charge in [-0.1, -0.05) is 61.0 Å². The van der Waals surface area contributed by atoms with Crippen molar-refractivity contribution in [3.8, 4) is 5.69 Å². The minimum Gasteiger partial charge on any atom is -0.318 e. The highest BCUT2D eigenvalue weighted by atomic mass is 35.5. The molecular weight excluding hydrogens is 418 g/mol. The number of halogens is 1. The lowest BCUT2D eigenvalue weighted by molar-refractivity contribution is 0.194. The standard InChI is InChI=1S/C27H24ClN3O/c1-2-19-9-15-23(16-10-19)29-27(32)31-18-21-6-3-4-7-24(21)30-17-5-8-25(30)26(31)20-11-13-22(28)14-12-20/h3-17,26H,2,18H2,1H3,(H,29,32). The molecule has 4 aromatic rings. The van der Waals surface area contributed by atoms with Gasteiger partial charge < -0.3 is 14.8 Å². The summed E-state index contributed by atoms with van der Waals surface area (Å²) in [4.78, 5) is 15.5. The summed E-state index contributed by atoms with van der Waals surface area (Å²) < 4.78 is 2.18. The van der Waals surface area contributed by atoms with E-state index in [9.17, 15) is 4.79 Å². The number of nitrogens with zero attached hydrogens (tertiary/aromatic N) is 2. The van der Waals surface area contributed by atoms with Crippen LogP contribution in [0.1, 0.15) is 35.3 Å². The van der Waals surface area contributed by atoms with Crippen molar-refractivity contribution < 1.29 is 4.79 Å². The number of urea groups is 1. The van der Waals surface area contributed by atoms with Crippen molar-refractivity contribution in [1.82, 2.24) is 9.47 Å². The zero-order valence-corrected chi connectivity index (χ0v) is 18.6. The van der Waals surface area contributed by atoms with E-state index >= 15 is 0 Å². The number of rotatable bonds is 3. The average Bonchev–Trinajstić information content (AvgIpc) is 3.25. The number of benzene rings is 3. The summed E-state index contributed by atoms with van der Waals surface area (Å²) >= 11 is 6.17. The molecule has 1 unspecified atom stereocenters. The number of anilines is 1. The first-order chi connectivity index (χ1) is 15.6. The minimum absolute atomic E-state index is 0.140. The molecule has 0 fully saturated rings. The van der Waals surface area contributed by atoms with Gasteiger partial charge in [-0.25, -0.2) is 4.79 Å². The van der Waals surface area contributed by atoms with Gasteiger partial charge in [0, 0.05) is 22.6 Å². The first kappa shape index (κ1) is 20.4. The molecule has 0 aliphatic carbocycles. The third-order valence-electron chi connectivity index (χ3n) is 6.02. The van der Waals surface area contributed by atoms with Crippen LogP contribution in [0.3, 0.4) is 0 Å². The molecule has 1 aromatic heterocycles. The summed E-state index contributed by atoms with van der Waals surface area (Å²) in [6.07, 6.45) is 3.02. The van der Waals surface area contributed by atoms with Gasteiger partial charge in [0.25, 0.3) is 0 Å². The number of fused-ring (bicyclic) bond motifs is 3. The van der Waals surface area contributed by atoms with Crippen LogP contribution in [0.4, 0.5) is 10.5 Å². The molecule has 0 bridgehead atoms. The highest BCUT2D eigenvalue weighted by Gasteiger charge is 2.32. The van der Waals surface area contributed by atoms with Gasteiger partial charge in [-0.3, -0.25) is 0 Å². The Bertz CT molecular complexity index is 1240. The predicted molar refractivity (Wildman–Crippen MR) is 129 cm³/mol. The van der Waals surface area contributed by atoms with Gasteiger partial charge >= 0.3 is 6.03 Å². The van der Waals surface area contributed by atoms with E-state index in [1.54, 1.807) is 0 Å². The van der Waals surface area contributed by atoms with Gasteiger partial charge in [0.15, 0.2) is 0 Å². The maximum atomic E-state index is 13.6. The van der Waals surface area contributed by atoms with E-state index in [1.807, 2.05) is 59.5 Å². The summed E-state index contributed by atoms with van der Waals surface area (Å²) in [6, 6.07) is 27.7. The van der Waals surface area contributed by atoms with E-state index in [0.717, 1.165) is 34.6 Å². The second-order valence-corrected chi connectivity index (χ2v) is 8.43. The van der Waals surface area contributed by atoms with Gasteiger partial charge in [-0.15, -0.1) is 0 Å². The molecule has 160 valence electrons. The smallest absolute Gasteiger partial charge is 0.318 e. The van der Waals surface area contributed by atoms with E-state index in [4.69, 9.17) is 11.6 Å². The lowest BCUT2D eigenvalue weighted by Gasteiger charge is -2.31. The molecule has 1 aliphatic heterocycles. The molecule has 2 amide bonds. The van der Waals surface area contributed by atoms with E-state index in [-0.39, 0.29) is 12.1 Å². The van der Waals surface area contributed by atoms with Crippen molar-refractivity contribution in [2.45, 2.75) is 25.9 Å². The van der Waals surface area contributed by atoms with Crippen molar-refractivity contribution in [3.05, 3.63) is 119 Å². The fourth-order valence-corrected chi connectivity index (χ4v) is 4.48. The second kappa shape index (κ2) is 8.56. The number of carbonyl (C=O) groups excluding carboxylic acids is 1. The van der Waals surface area contributed by atoms with Crippen molar-refractivity contribution in [3.63, 3.8) is 0 Å². The Balaban J connectivity index is 1.59. The van der Waals surface area contributed by atoms with Crippen LogP contribution in [-0.4, -0.2) is 15.5 Å². The van der Waals surface area contributed by atoms with E-state index in [1.165, 1.54) is 5.56 Å². The molecule has 0 spiro atoms. The van der Waals surface area contributed by atoms with Crippen LogP contribution in [-0.2, 0) is 13.0 Å². The maximum Gasteiger partial charge on any atom is 0.322 e. The van der Waals surface area contributed by atoms with Crippen molar-refractivity contribution in [2.75, 3.05) is 5.32 Å². The SMILES string of the molecule is CCc1ccc(NC(=O)N2Cc3ccccc3-n3cccc3C2c2ccc(Cl)cc2)cc1. The molecule has 0 radical (unpaired) electrons. The zero-order chi connectivity index (χ0) is 22.1. The topological polar surface area (TPSA) is 37.3 Å². The predicted octanol–water partition coefficient (Wildman–Crippen LogP) is 6.83. The molecular formula is C27H24ClN3O. The maximum absolute atomic E-state index is 13.6. The van der Waals surface area contributed by atoms with Crippen LogP contribution >= 0.6 is 11.6 Å². The molecule has 5 heteroatoms. The molecule has 1 N–H and O–H groups in total. The molecule has 3 aromatic carbocycles. The lowest BCUT2D eigenvalue weighted by atomic mass is 10.0. The molecule has 5 rings (SSSR count). The fourth-order valence-electron chi connectivity index (χ4n) is 4.35. The molecule has 2 heterocycles. The third-order valence-corrected chi connectivity index (χ3v) is 6.28. The highest BCUT2D eigenvalue weighted by Crippen LogP contribution is 2.37. The summed E-state index contributed by atoms with van der Waals surface area (Å²) in [6.45, 7) is 2.61. The largest absolute Gasteiger partial charge is 0.322 e. The zero-order valence-electron chi connectivity index (χ0n) is 17.8. The lowest BCUT2D eigenvalue weighted by Crippen LogP contribution is -2.37. The third kappa shape index (κ3) is 3.78. The Kier molecular flexibility index (Phi) is 5.46.